The van der Waals surface area contributed by atoms with E-state index in [1.807, 2.05) is 13.8 Å². The summed E-state index contributed by atoms with van der Waals surface area (Å²) in [7, 11) is 3.89. The third-order valence-corrected chi connectivity index (χ3v) is 16.7. The number of ether oxygens (including phenoxy) is 1. The van der Waals surface area contributed by atoms with Crippen LogP contribution < -0.4 is 70.6 Å². The van der Waals surface area contributed by atoms with Crippen LogP contribution in [0.2, 0.25) is 0 Å². The van der Waals surface area contributed by atoms with Gasteiger partial charge in [-0.05, 0) is 68.2 Å². The third-order valence-electron chi connectivity index (χ3n) is 13.2. The fourth-order valence-electron chi connectivity index (χ4n) is 8.75. The normalized spacial score (nSPS) is 21.8. The number of likely N-dealkylation sites (tertiary alicyclic amines) is 1. The van der Waals surface area contributed by atoms with Crippen LogP contribution in [0.3, 0.4) is 0 Å². The van der Waals surface area contributed by atoms with Gasteiger partial charge in [-0.25, -0.2) is 0 Å². The van der Waals surface area contributed by atoms with E-state index < -0.39 is 138 Å². The zero-order valence-electron chi connectivity index (χ0n) is 44.5. The monoisotopic (exact) mass is 1140 g/mol. The first-order valence-electron chi connectivity index (χ1n) is 25.8. The fraction of sp³-hybridized carbons (Fsp3) is 0.529. The average Bonchev–Trinajstić information content (AvgIpc) is 3.91. The third kappa shape index (κ3) is 20.9. The molecule has 0 aromatic heterocycles. The highest BCUT2D eigenvalue weighted by atomic mass is 33.1. The molecule has 7 atom stereocenters. The van der Waals surface area contributed by atoms with Gasteiger partial charge in [-0.3, -0.25) is 57.7 Å². The van der Waals surface area contributed by atoms with Crippen molar-refractivity contribution < 1.29 is 57.5 Å². The summed E-state index contributed by atoms with van der Waals surface area (Å²) in [6.07, 6.45) is -0.418. The Morgan fingerprint density at radius 1 is 0.759 bits per heavy atom. The van der Waals surface area contributed by atoms with Gasteiger partial charge in [0.1, 0.15) is 48.0 Å². The van der Waals surface area contributed by atoms with Gasteiger partial charge in [0.2, 0.25) is 65.0 Å². The summed E-state index contributed by atoms with van der Waals surface area (Å²) in [6.45, 7) is 3.33. The highest BCUT2D eigenvalue weighted by Gasteiger charge is 2.41. The van der Waals surface area contributed by atoms with Crippen molar-refractivity contribution >= 4 is 92.5 Å². The first-order chi connectivity index (χ1) is 37.6. The van der Waals surface area contributed by atoms with Crippen molar-refractivity contribution in [2.45, 2.75) is 138 Å². The Morgan fingerprint density at radius 2 is 1.35 bits per heavy atom. The van der Waals surface area contributed by atoms with Gasteiger partial charge in [-0.2, -0.15) is 0 Å². The van der Waals surface area contributed by atoms with Crippen LogP contribution in [0.1, 0.15) is 89.2 Å². The number of carbonyl (C=O) groups is 11. The van der Waals surface area contributed by atoms with Gasteiger partial charge in [0.15, 0.2) is 5.96 Å². The summed E-state index contributed by atoms with van der Waals surface area (Å²) >= 11 is 0. The van der Waals surface area contributed by atoms with Crippen molar-refractivity contribution in [1.82, 2.24) is 42.1 Å². The summed E-state index contributed by atoms with van der Waals surface area (Å²) in [5.74, 6) is -9.10. The van der Waals surface area contributed by atoms with Crippen molar-refractivity contribution in [3.63, 3.8) is 0 Å². The maximum absolute atomic E-state index is 14.9. The number of hydrogen-bond acceptors (Lipinski definition) is 15. The van der Waals surface area contributed by atoms with Crippen LogP contribution >= 0.6 is 21.6 Å². The molecule has 2 aromatic carbocycles. The van der Waals surface area contributed by atoms with Crippen LogP contribution in [-0.4, -0.2) is 155 Å². The first-order valence-corrected chi connectivity index (χ1v) is 28.2. The number of nitrogens with zero attached hydrogens (tertiary/aromatic N) is 2. The van der Waals surface area contributed by atoms with Crippen molar-refractivity contribution in [2.75, 3.05) is 32.5 Å². The molecule has 0 bridgehead atoms. The molecule has 17 N–H and O–H groups in total. The van der Waals surface area contributed by atoms with E-state index in [9.17, 15) is 52.7 Å². The number of guanidine groups is 1. The molecule has 4 rings (SSSR count). The molecule has 2 heterocycles. The molecule has 0 spiro atoms. The second-order valence-electron chi connectivity index (χ2n) is 19.1. The molecule has 2 aromatic rings. The minimum atomic E-state index is -1.78. The van der Waals surface area contributed by atoms with Gasteiger partial charge in [0, 0.05) is 49.3 Å². The summed E-state index contributed by atoms with van der Waals surface area (Å²) in [5.41, 5.74) is 28.5. The van der Waals surface area contributed by atoms with Crippen molar-refractivity contribution in [3.05, 3.63) is 65.7 Å². The average molecular weight is 1140 g/mol. The quantitative estimate of drug-likeness (QED) is 0.0251. The van der Waals surface area contributed by atoms with Crippen LogP contribution in [0.25, 0.3) is 0 Å². The predicted octanol–water partition coefficient (Wildman–Crippen LogP) is -2.48. The van der Waals surface area contributed by atoms with Crippen LogP contribution in [0.5, 0.6) is 5.75 Å². The molecule has 0 radical (unpaired) electrons. The maximum Gasteiger partial charge on any atom is 0.246 e. The number of hydrogen-bond donors (Lipinski definition) is 12. The van der Waals surface area contributed by atoms with Crippen molar-refractivity contribution in [3.8, 4) is 5.75 Å². The zero-order valence-corrected chi connectivity index (χ0v) is 46.2. The Hall–Kier alpha value is -7.62. The molecule has 79 heavy (non-hydrogen) atoms. The Kier molecular flexibility index (Phi) is 25.6. The summed E-state index contributed by atoms with van der Waals surface area (Å²) < 4.78 is 4.48. The Balaban J connectivity index is 1.78. The number of benzene rings is 2. The molecule has 2 aliphatic rings. The van der Waals surface area contributed by atoms with E-state index in [2.05, 4.69) is 42.2 Å². The predicted molar refractivity (Wildman–Crippen MR) is 295 cm³/mol. The lowest BCUT2D eigenvalue weighted by molar-refractivity contribution is -0.142. The number of aliphatic imine (C=N–C) groups is 1. The van der Waals surface area contributed by atoms with Crippen LogP contribution in [0.4, 0.5) is 0 Å². The molecule has 2 fully saturated rings. The minimum Gasteiger partial charge on any atom is -0.497 e. The number of nitrogens with two attached hydrogens (primary N) is 5. The number of carbonyl (C=O) groups excluding carboxylic acids is 11. The molecular formula is C51H74N14O12S2. The second kappa shape index (κ2) is 31.7. The summed E-state index contributed by atoms with van der Waals surface area (Å²) in [6, 6.07) is 5.54. The molecular weight excluding hydrogens is 1060 g/mol. The lowest BCUT2D eigenvalue weighted by atomic mass is 9.96. The Bertz CT molecular complexity index is 2520. The molecule has 26 nitrogen and oxygen atoms in total. The second-order valence-corrected chi connectivity index (χ2v) is 21.9. The number of amides is 11. The summed E-state index contributed by atoms with van der Waals surface area (Å²) in [4.78, 5) is 156. The van der Waals surface area contributed by atoms with Gasteiger partial charge in [-0.1, -0.05) is 77.9 Å². The molecule has 0 unspecified atom stereocenters. The van der Waals surface area contributed by atoms with Crippen molar-refractivity contribution in [2.24, 2.45) is 33.7 Å². The first kappa shape index (κ1) is 63.9. The molecule has 432 valence electrons. The van der Waals surface area contributed by atoms with E-state index in [1.54, 1.807) is 54.6 Å². The fourth-order valence-corrected chi connectivity index (χ4v) is 12.1. The molecule has 28 heteroatoms. The SMILES string of the molecule is CCC1(CC)CC(=O)N[C@@H](Cc2ccc(OC)cc2)C(=O)N[C@@H](Cc2ccccc2)C(=O)N[C@@H](CCC(N)=O)C(=O)N[C@@H](CC(N)=O)C(=O)N[C@H](C(=O)N2CCC[C@H]2C(=O)N[C@H](CCCN=C(N)N)C(=O)NCC(N)=O)CSS1. The van der Waals surface area contributed by atoms with Crippen LogP contribution in [0.15, 0.2) is 59.6 Å². The Morgan fingerprint density at radius 3 is 1.95 bits per heavy atom. The van der Waals surface area contributed by atoms with E-state index in [0.29, 0.717) is 36.1 Å². The van der Waals surface area contributed by atoms with E-state index in [1.165, 1.54) is 22.8 Å². The molecule has 0 aliphatic carbocycles. The van der Waals surface area contributed by atoms with Crippen molar-refractivity contribution in [1.29, 1.82) is 0 Å². The van der Waals surface area contributed by atoms with E-state index in [0.717, 1.165) is 10.8 Å². The van der Waals surface area contributed by atoms with Crippen LogP contribution in [0, 0.1) is 0 Å². The zero-order chi connectivity index (χ0) is 58.2. The largest absolute Gasteiger partial charge is 0.497 e. The van der Waals surface area contributed by atoms with Crippen LogP contribution in [-0.2, 0) is 65.6 Å². The highest BCUT2D eigenvalue weighted by Crippen LogP contribution is 2.44. The number of rotatable bonds is 22. The Labute approximate surface area is 465 Å². The van der Waals surface area contributed by atoms with E-state index in [-0.39, 0.29) is 63.3 Å². The number of primary amides is 3. The lowest BCUT2D eigenvalue weighted by Crippen LogP contribution is -2.61. The molecule has 2 aliphatic heterocycles. The molecule has 2 saturated heterocycles. The number of nitrogens with one attached hydrogen (secondary N) is 7. The van der Waals surface area contributed by atoms with Gasteiger partial charge < -0.3 is 75.5 Å². The topological polar surface area (TPSA) is 427 Å². The van der Waals surface area contributed by atoms with E-state index in [4.69, 9.17) is 33.4 Å². The highest BCUT2D eigenvalue weighted by molar-refractivity contribution is 8.77. The standard InChI is InChI=1S/C51H74N14O12S2/c1-4-51(5-2)26-42(69)59-34(24-30-15-17-31(77-3)18-16-30)45(72)62-35(23-29-11-7-6-8-12-29)46(73)60-33(19-20-39(52)66)44(71)63-36(25-40(53)67)47(74)64-37(28-78-79-51)49(76)65-22-10-14-38(65)48(75)61-32(13-9-21-57-50(55)56)43(70)58-27-41(54)68/h6-8,11-12,15-18,32-38H,4-5,9-10,13-14,19-28H2,1-3H3,(H2,52,66)(H2,53,67)(H2,54,68)(H,58,70)(H,59,69)(H,60,73)(H,61,75)(H,62,72)(H,63,71)(H,64,74)(H4,55,56,57)/t32-,33+,34+,35+,36+,37+,38+/m1/s1. The molecule has 0 saturated carbocycles. The number of methoxy groups -OCH3 is 1. The maximum atomic E-state index is 14.9. The lowest BCUT2D eigenvalue weighted by Gasteiger charge is -2.33. The van der Waals surface area contributed by atoms with Gasteiger partial charge in [-0.15, -0.1) is 0 Å². The van der Waals surface area contributed by atoms with Gasteiger partial charge in [0.05, 0.1) is 20.1 Å². The molecule has 11 amide bonds. The minimum absolute atomic E-state index is 0.0137. The van der Waals surface area contributed by atoms with E-state index >= 15 is 0 Å². The van der Waals surface area contributed by atoms with Gasteiger partial charge >= 0.3 is 0 Å². The summed E-state index contributed by atoms with van der Waals surface area (Å²) in [5, 5.41) is 18.4. The van der Waals surface area contributed by atoms with Gasteiger partial charge in [0.25, 0.3) is 0 Å². The smallest absolute Gasteiger partial charge is 0.246 e.